The van der Waals surface area contributed by atoms with Crippen LogP contribution >= 0.6 is 0 Å². The van der Waals surface area contributed by atoms with Gasteiger partial charge in [0.05, 0.1) is 6.04 Å². The predicted octanol–water partition coefficient (Wildman–Crippen LogP) is 3.93. The lowest BCUT2D eigenvalue weighted by atomic mass is 10.0. The van der Waals surface area contributed by atoms with Crippen LogP contribution in [-0.2, 0) is 0 Å². The molecule has 1 heteroatoms. The average molecular weight is 233 g/mol. The van der Waals surface area contributed by atoms with Crippen molar-refractivity contribution in [3.8, 4) is 0 Å². The first-order valence-corrected chi connectivity index (χ1v) is 6.19. The molecule has 0 aromatic heterocycles. The van der Waals surface area contributed by atoms with Gasteiger partial charge in [-0.1, -0.05) is 72.8 Å². The van der Waals surface area contributed by atoms with Crippen molar-refractivity contribution in [3.63, 3.8) is 0 Å². The average Bonchev–Trinajstić information content (AvgIpc) is 2.49. The van der Waals surface area contributed by atoms with Crippen LogP contribution in [0.2, 0.25) is 0 Å². The number of dihydropyridines is 1. The van der Waals surface area contributed by atoms with E-state index in [0.717, 1.165) is 0 Å². The summed E-state index contributed by atoms with van der Waals surface area (Å²) in [6.45, 7) is 0. The Morgan fingerprint density at radius 3 is 2.17 bits per heavy atom. The van der Waals surface area contributed by atoms with E-state index in [2.05, 4.69) is 72.1 Å². The minimum absolute atomic E-state index is 0.256. The lowest BCUT2D eigenvalue weighted by Crippen LogP contribution is -2.20. The number of allylic oxidation sites excluding steroid dienone is 2. The van der Waals surface area contributed by atoms with Crippen LogP contribution < -0.4 is 5.32 Å². The molecule has 1 aliphatic heterocycles. The van der Waals surface area contributed by atoms with Crippen LogP contribution in [0.5, 0.6) is 0 Å². The molecule has 1 atom stereocenters. The molecular weight excluding hydrogens is 218 g/mol. The van der Waals surface area contributed by atoms with Gasteiger partial charge in [0.25, 0.3) is 0 Å². The summed E-state index contributed by atoms with van der Waals surface area (Å²) >= 11 is 0. The summed E-state index contributed by atoms with van der Waals surface area (Å²) in [5.41, 5.74) is 3.69. The van der Waals surface area contributed by atoms with E-state index in [0.29, 0.717) is 0 Å². The Morgan fingerprint density at radius 2 is 1.44 bits per heavy atom. The van der Waals surface area contributed by atoms with E-state index in [4.69, 9.17) is 0 Å². The van der Waals surface area contributed by atoms with E-state index in [1.165, 1.54) is 16.8 Å². The monoisotopic (exact) mass is 233 g/mol. The van der Waals surface area contributed by atoms with Crippen molar-refractivity contribution < 1.29 is 0 Å². The highest BCUT2D eigenvalue weighted by Crippen LogP contribution is 2.23. The van der Waals surface area contributed by atoms with E-state index in [1.807, 2.05) is 12.1 Å². The summed E-state index contributed by atoms with van der Waals surface area (Å²) in [7, 11) is 0. The van der Waals surface area contributed by atoms with E-state index in [-0.39, 0.29) is 6.04 Å². The van der Waals surface area contributed by atoms with Gasteiger partial charge in [-0.05, 0) is 17.2 Å². The lowest BCUT2D eigenvalue weighted by Gasteiger charge is -2.22. The maximum atomic E-state index is 3.56. The molecule has 0 amide bonds. The zero-order valence-corrected chi connectivity index (χ0v) is 10.1. The lowest BCUT2D eigenvalue weighted by molar-refractivity contribution is 0.764. The molecule has 0 radical (unpaired) electrons. The van der Waals surface area contributed by atoms with Crippen LogP contribution in [0.15, 0.2) is 78.9 Å². The molecule has 1 unspecified atom stereocenters. The van der Waals surface area contributed by atoms with Crippen LogP contribution in [0.4, 0.5) is 0 Å². The number of hydrogen-bond acceptors (Lipinski definition) is 1. The first kappa shape index (κ1) is 10.8. The van der Waals surface area contributed by atoms with Gasteiger partial charge in [0.2, 0.25) is 0 Å². The van der Waals surface area contributed by atoms with Crippen molar-refractivity contribution >= 4 is 5.70 Å². The number of rotatable bonds is 2. The van der Waals surface area contributed by atoms with E-state index in [9.17, 15) is 0 Å². The van der Waals surface area contributed by atoms with Crippen LogP contribution in [0, 0.1) is 0 Å². The highest BCUT2D eigenvalue weighted by atomic mass is 14.9. The third-order valence-corrected chi connectivity index (χ3v) is 3.12. The van der Waals surface area contributed by atoms with Crippen molar-refractivity contribution in [2.45, 2.75) is 6.04 Å². The molecule has 0 fully saturated rings. The molecule has 0 saturated heterocycles. The quantitative estimate of drug-likeness (QED) is 0.828. The Labute approximate surface area is 107 Å². The maximum Gasteiger partial charge on any atom is 0.0701 e. The third-order valence-electron chi connectivity index (χ3n) is 3.12. The molecular formula is C17H15N. The highest BCUT2D eigenvalue weighted by molar-refractivity contribution is 5.67. The summed E-state index contributed by atoms with van der Waals surface area (Å²) in [5, 5.41) is 3.56. The molecule has 1 N–H and O–H groups in total. The smallest absolute Gasteiger partial charge is 0.0701 e. The van der Waals surface area contributed by atoms with Gasteiger partial charge in [-0.15, -0.1) is 0 Å². The molecule has 2 aromatic carbocycles. The molecule has 0 aliphatic carbocycles. The minimum atomic E-state index is 0.256. The predicted molar refractivity (Wildman–Crippen MR) is 75.9 cm³/mol. The van der Waals surface area contributed by atoms with Gasteiger partial charge in [0.1, 0.15) is 0 Å². The van der Waals surface area contributed by atoms with Gasteiger partial charge in [-0.2, -0.15) is 0 Å². The molecule has 2 aromatic rings. The Kier molecular flexibility index (Phi) is 2.97. The Bertz CT molecular complexity index is 567. The van der Waals surface area contributed by atoms with Crippen LogP contribution in [0.25, 0.3) is 5.70 Å². The summed E-state index contributed by atoms with van der Waals surface area (Å²) < 4.78 is 0. The summed E-state index contributed by atoms with van der Waals surface area (Å²) in [5.74, 6) is 0. The topological polar surface area (TPSA) is 12.0 Å². The number of benzene rings is 2. The van der Waals surface area contributed by atoms with Gasteiger partial charge < -0.3 is 5.32 Å². The molecule has 88 valence electrons. The first-order chi connectivity index (χ1) is 8.93. The van der Waals surface area contributed by atoms with Crippen molar-refractivity contribution in [2.24, 2.45) is 0 Å². The SMILES string of the molecule is C1=CC(c2ccccc2)NC(c2ccccc2)=C1. The van der Waals surface area contributed by atoms with Crippen molar-refractivity contribution in [3.05, 3.63) is 90.0 Å². The van der Waals surface area contributed by atoms with Gasteiger partial charge in [-0.25, -0.2) is 0 Å². The standard InChI is InChI=1S/C17H15N/c1-3-8-14(9-4-1)16-12-7-13-17(18-16)15-10-5-2-6-11-15/h1-13,16,18H. The second kappa shape index (κ2) is 4.92. The Balaban J connectivity index is 1.85. The zero-order valence-electron chi connectivity index (χ0n) is 10.1. The largest absolute Gasteiger partial charge is 0.374 e. The summed E-state index contributed by atoms with van der Waals surface area (Å²) in [6.07, 6.45) is 6.42. The second-order valence-corrected chi connectivity index (χ2v) is 4.36. The van der Waals surface area contributed by atoms with Gasteiger partial charge >= 0.3 is 0 Å². The maximum absolute atomic E-state index is 3.56. The van der Waals surface area contributed by atoms with Crippen molar-refractivity contribution in [2.75, 3.05) is 0 Å². The molecule has 0 saturated carbocycles. The molecule has 3 rings (SSSR count). The van der Waals surface area contributed by atoms with Gasteiger partial charge in [0, 0.05) is 5.70 Å². The first-order valence-electron chi connectivity index (χ1n) is 6.19. The van der Waals surface area contributed by atoms with E-state index in [1.54, 1.807) is 0 Å². The van der Waals surface area contributed by atoms with Crippen LogP contribution in [0.1, 0.15) is 17.2 Å². The Hall–Kier alpha value is -2.28. The zero-order chi connectivity index (χ0) is 12.2. The van der Waals surface area contributed by atoms with Crippen LogP contribution in [0.3, 0.4) is 0 Å². The van der Waals surface area contributed by atoms with Gasteiger partial charge in [0.15, 0.2) is 0 Å². The van der Waals surface area contributed by atoms with E-state index >= 15 is 0 Å². The molecule has 1 aliphatic rings. The number of hydrogen-bond donors (Lipinski definition) is 1. The fourth-order valence-electron chi connectivity index (χ4n) is 2.18. The number of nitrogens with one attached hydrogen (secondary N) is 1. The fraction of sp³-hybridized carbons (Fsp3) is 0.0588. The molecule has 0 bridgehead atoms. The molecule has 1 heterocycles. The van der Waals surface area contributed by atoms with Crippen LogP contribution in [-0.4, -0.2) is 0 Å². The van der Waals surface area contributed by atoms with Crippen molar-refractivity contribution in [1.29, 1.82) is 0 Å². The third kappa shape index (κ3) is 2.21. The summed E-state index contributed by atoms with van der Waals surface area (Å²) in [6, 6.07) is 21.2. The molecule has 0 spiro atoms. The minimum Gasteiger partial charge on any atom is -0.374 e. The molecule has 1 nitrogen and oxygen atoms in total. The highest BCUT2D eigenvalue weighted by Gasteiger charge is 2.12. The summed E-state index contributed by atoms with van der Waals surface area (Å²) in [4.78, 5) is 0. The molecule has 18 heavy (non-hydrogen) atoms. The van der Waals surface area contributed by atoms with Crippen molar-refractivity contribution in [1.82, 2.24) is 5.32 Å². The van der Waals surface area contributed by atoms with E-state index < -0.39 is 0 Å². The second-order valence-electron chi connectivity index (χ2n) is 4.36. The van der Waals surface area contributed by atoms with Gasteiger partial charge in [-0.3, -0.25) is 0 Å². The fourth-order valence-corrected chi connectivity index (χ4v) is 2.18. The normalized spacial score (nSPS) is 18.0. The Morgan fingerprint density at radius 1 is 0.778 bits per heavy atom.